The van der Waals surface area contributed by atoms with Crippen LogP contribution in [-0.4, -0.2) is 42.4 Å². The first kappa shape index (κ1) is 24.5. The number of nitrogens with one attached hydrogen (secondary N) is 1. The largest absolute Gasteiger partial charge is 0.435 e. The third kappa shape index (κ3) is 4.51. The summed E-state index contributed by atoms with van der Waals surface area (Å²) in [6, 6.07) is 0. The molecule has 6 aliphatic rings. The Kier molecular flexibility index (Phi) is 6.97. The molecule has 0 radical (unpaired) electrons. The molecule has 6 fully saturated rings. The summed E-state index contributed by atoms with van der Waals surface area (Å²) < 4.78 is 18.4. The fourth-order valence-electron chi connectivity index (χ4n) is 7.15. The number of hydrogen-bond donors (Lipinski definition) is 1. The van der Waals surface area contributed by atoms with Gasteiger partial charge in [-0.05, 0) is 56.8 Å². The van der Waals surface area contributed by atoms with Gasteiger partial charge in [-0.2, -0.15) is 0 Å². The van der Waals surface area contributed by atoms with Crippen LogP contribution in [0.1, 0.15) is 91.4 Å². The van der Waals surface area contributed by atoms with Crippen LogP contribution >= 0.6 is 0 Å². The van der Waals surface area contributed by atoms with Gasteiger partial charge >= 0.3 is 5.97 Å². The Morgan fingerprint density at radius 3 is 2.56 bits per heavy atom. The van der Waals surface area contributed by atoms with Gasteiger partial charge in [0.1, 0.15) is 0 Å². The van der Waals surface area contributed by atoms with Crippen molar-refractivity contribution in [3.63, 3.8) is 0 Å². The first-order chi connectivity index (χ1) is 16.3. The molecule has 2 bridgehead atoms. The molecule has 34 heavy (non-hydrogen) atoms. The fourth-order valence-corrected chi connectivity index (χ4v) is 7.15. The molecule has 4 saturated heterocycles. The van der Waals surface area contributed by atoms with Crippen molar-refractivity contribution in [3.8, 4) is 0 Å². The quantitative estimate of drug-likeness (QED) is 0.450. The lowest BCUT2D eigenvalue weighted by Crippen LogP contribution is -2.70. The van der Waals surface area contributed by atoms with Gasteiger partial charge in [0.2, 0.25) is 18.0 Å². The summed E-state index contributed by atoms with van der Waals surface area (Å²) in [7, 11) is 0. The number of carbonyl (C=O) groups excluding carboxylic acids is 2. The van der Waals surface area contributed by atoms with Crippen molar-refractivity contribution in [2.75, 3.05) is 6.54 Å². The van der Waals surface area contributed by atoms with Gasteiger partial charge < -0.3 is 19.5 Å². The topological polar surface area (TPSA) is 92.3 Å². The zero-order valence-electron chi connectivity index (χ0n) is 20.9. The highest BCUT2D eigenvalue weighted by Gasteiger charge is 2.69. The molecular weight excluding hydrogens is 438 g/mol. The summed E-state index contributed by atoms with van der Waals surface area (Å²) in [5.74, 6) is -0.00556. The van der Waals surface area contributed by atoms with Crippen molar-refractivity contribution in [1.82, 2.24) is 5.32 Å². The lowest BCUT2D eigenvalue weighted by molar-refractivity contribution is -0.576. The Balaban J connectivity index is 1.18. The molecule has 2 aliphatic carbocycles. The summed E-state index contributed by atoms with van der Waals surface area (Å²) >= 11 is 0. The standard InChI is InChI=1S/C26H41NO7/c1-16-9-10-20-17(2)23(31-24-26(20)19(16)13-14-25(3,32-24)33-34-26)30-22(29)12-11-21(28)27-15-18-7-5-4-6-8-18/h16-20,23-24H,4-15H2,1-3H3,(H,27,28). The van der Waals surface area contributed by atoms with Crippen LogP contribution < -0.4 is 5.32 Å². The Bertz CT molecular complexity index is 770. The Morgan fingerprint density at radius 2 is 1.76 bits per heavy atom. The van der Waals surface area contributed by atoms with E-state index in [2.05, 4.69) is 19.2 Å². The molecule has 0 aromatic carbocycles. The van der Waals surface area contributed by atoms with E-state index in [1.807, 2.05) is 6.92 Å². The van der Waals surface area contributed by atoms with Crippen LogP contribution in [0.25, 0.3) is 0 Å². The second kappa shape index (κ2) is 9.68. The van der Waals surface area contributed by atoms with Crippen molar-refractivity contribution in [2.24, 2.45) is 29.6 Å². The number of ether oxygens (including phenoxy) is 3. The van der Waals surface area contributed by atoms with Gasteiger partial charge in [-0.1, -0.05) is 33.1 Å². The smallest absolute Gasteiger partial charge is 0.308 e. The van der Waals surface area contributed by atoms with Gasteiger partial charge in [-0.3, -0.25) is 9.59 Å². The number of esters is 1. The summed E-state index contributed by atoms with van der Waals surface area (Å²) in [4.78, 5) is 36.9. The molecule has 0 aromatic heterocycles. The van der Waals surface area contributed by atoms with Gasteiger partial charge in [0.05, 0.1) is 6.42 Å². The number of rotatable bonds is 6. The Labute approximate surface area is 202 Å². The number of fused-ring (bicyclic) bond motifs is 2. The predicted octanol–water partition coefficient (Wildman–Crippen LogP) is 4.21. The molecule has 8 unspecified atom stereocenters. The van der Waals surface area contributed by atoms with Crippen molar-refractivity contribution < 1.29 is 33.6 Å². The van der Waals surface area contributed by atoms with Gasteiger partial charge in [-0.15, -0.1) is 0 Å². The van der Waals surface area contributed by atoms with Crippen LogP contribution in [-0.2, 0) is 33.6 Å². The summed E-state index contributed by atoms with van der Waals surface area (Å²) in [6.45, 7) is 6.91. The highest BCUT2D eigenvalue weighted by molar-refractivity contribution is 5.81. The van der Waals surface area contributed by atoms with Gasteiger partial charge in [0.25, 0.3) is 0 Å². The number of hydrogen-bond acceptors (Lipinski definition) is 7. The number of amides is 1. The van der Waals surface area contributed by atoms with Crippen LogP contribution in [0.3, 0.4) is 0 Å². The first-order valence-corrected chi connectivity index (χ1v) is 13.5. The van der Waals surface area contributed by atoms with E-state index in [9.17, 15) is 9.59 Å². The SMILES string of the molecule is CC1CCC2C(C)C(OC(=O)CCC(=O)NCC3CCCCC3)OC3OC4(C)CCC1C32OO4. The highest BCUT2D eigenvalue weighted by Crippen LogP contribution is 2.60. The molecule has 8 nitrogen and oxygen atoms in total. The van der Waals surface area contributed by atoms with Crippen molar-refractivity contribution in [3.05, 3.63) is 0 Å². The van der Waals surface area contributed by atoms with Crippen LogP contribution in [0, 0.1) is 29.6 Å². The van der Waals surface area contributed by atoms with E-state index in [1.54, 1.807) is 0 Å². The summed E-state index contributed by atoms with van der Waals surface area (Å²) in [5.41, 5.74) is -0.672. The second-order valence-corrected chi connectivity index (χ2v) is 11.6. The average molecular weight is 480 g/mol. The normalized spacial score (nSPS) is 44.1. The predicted molar refractivity (Wildman–Crippen MR) is 122 cm³/mol. The molecule has 6 rings (SSSR count). The molecule has 8 atom stereocenters. The second-order valence-electron chi connectivity index (χ2n) is 11.6. The van der Waals surface area contributed by atoms with Gasteiger partial charge in [0, 0.05) is 31.2 Å². The minimum Gasteiger partial charge on any atom is -0.435 e. The molecule has 1 amide bonds. The van der Waals surface area contributed by atoms with Crippen LogP contribution in [0.2, 0.25) is 0 Å². The maximum atomic E-state index is 12.7. The molecule has 0 aromatic rings. The molecule has 8 heteroatoms. The van der Waals surface area contributed by atoms with E-state index in [1.165, 1.54) is 32.1 Å². The Morgan fingerprint density at radius 1 is 0.971 bits per heavy atom. The minimum absolute atomic E-state index is 0.0431. The fraction of sp³-hybridized carbons (Fsp3) is 0.923. The van der Waals surface area contributed by atoms with Gasteiger partial charge in [-0.25, -0.2) is 9.78 Å². The summed E-state index contributed by atoms with van der Waals surface area (Å²) in [5, 5.41) is 2.99. The van der Waals surface area contributed by atoms with Crippen LogP contribution in [0.5, 0.6) is 0 Å². The average Bonchev–Trinajstić information content (AvgIpc) is 3.06. The maximum absolute atomic E-state index is 12.7. The monoisotopic (exact) mass is 479 g/mol. The third-order valence-corrected chi connectivity index (χ3v) is 9.21. The Hall–Kier alpha value is -1.22. The lowest BCUT2D eigenvalue weighted by atomic mass is 9.58. The molecule has 4 heterocycles. The first-order valence-electron chi connectivity index (χ1n) is 13.5. The van der Waals surface area contributed by atoms with Crippen molar-refractivity contribution in [2.45, 2.75) is 115 Å². The van der Waals surface area contributed by atoms with Crippen molar-refractivity contribution in [1.29, 1.82) is 0 Å². The maximum Gasteiger partial charge on any atom is 0.308 e. The van der Waals surface area contributed by atoms with Crippen LogP contribution in [0.4, 0.5) is 0 Å². The van der Waals surface area contributed by atoms with Crippen molar-refractivity contribution >= 4 is 11.9 Å². The van der Waals surface area contributed by atoms with E-state index in [-0.39, 0.29) is 36.5 Å². The molecule has 192 valence electrons. The molecule has 1 spiro atoms. The van der Waals surface area contributed by atoms with E-state index in [0.29, 0.717) is 18.4 Å². The molecule has 1 N–H and O–H groups in total. The third-order valence-electron chi connectivity index (χ3n) is 9.21. The molecule has 2 saturated carbocycles. The van der Waals surface area contributed by atoms with E-state index in [4.69, 9.17) is 24.0 Å². The number of carbonyl (C=O) groups is 2. The summed E-state index contributed by atoms with van der Waals surface area (Å²) in [6.07, 6.45) is 8.70. The minimum atomic E-state index is -0.858. The molecular formula is C26H41NO7. The van der Waals surface area contributed by atoms with E-state index >= 15 is 0 Å². The van der Waals surface area contributed by atoms with Crippen LogP contribution in [0.15, 0.2) is 0 Å². The van der Waals surface area contributed by atoms with E-state index in [0.717, 1.165) is 25.7 Å². The molecule has 4 aliphatic heterocycles. The highest BCUT2D eigenvalue weighted by atomic mass is 17.3. The zero-order chi connectivity index (χ0) is 23.9. The zero-order valence-corrected chi connectivity index (χ0v) is 20.9. The lowest BCUT2D eigenvalue weighted by Gasteiger charge is -2.59. The van der Waals surface area contributed by atoms with Gasteiger partial charge in [0.15, 0.2) is 11.9 Å². The van der Waals surface area contributed by atoms with E-state index < -0.39 is 29.9 Å².